The lowest BCUT2D eigenvalue weighted by atomic mass is 9.99. The summed E-state index contributed by atoms with van der Waals surface area (Å²) >= 11 is 4.72. The number of nitrogens with two attached hydrogens (primary N) is 1. The highest BCUT2D eigenvalue weighted by Crippen LogP contribution is 2.07. The topological polar surface area (TPSA) is 94.7 Å². The van der Waals surface area contributed by atoms with Gasteiger partial charge in [-0.25, -0.2) is 5.84 Å². The van der Waals surface area contributed by atoms with E-state index in [1.54, 1.807) is 0 Å². The Morgan fingerprint density at radius 1 is 1.57 bits per heavy atom. The van der Waals surface area contributed by atoms with E-state index in [1.807, 2.05) is 20.8 Å². The van der Waals surface area contributed by atoms with Gasteiger partial charge in [0.25, 0.3) is 0 Å². The molecule has 0 rings (SSSR count). The largest absolute Gasteiger partial charge is 0.316 e. The summed E-state index contributed by atoms with van der Waals surface area (Å²) in [7, 11) is 0. The molecular weight excluding hydrogens is 202 g/mol. The van der Waals surface area contributed by atoms with Gasteiger partial charge in [-0.15, -0.1) is 0 Å². The van der Waals surface area contributed by atoms with Gasteiger partial charge in [-0.3, -0.25) is 10.9 Å². The first-order valence-electron chi connectivity index (χ1n) is 4.12. The SMILES string of the molecule is C/C(CC(C)(C)NO)=N\NC(=S)NN. The van der Waals surface area contributed by atoms with Crippen LogP contribution in [0.1, 0.15) is 27.2 Å². The zero-order chi connectivity index (χ0) is 11.2. The molecule has 6 nitrogen and oxygen atoms in total. The fourth-order valence-corrected chi connectivity index (χ4v) is 0.943. The number of nitrogens with one attached hydrogen (secondary N) is 3. The van der Waals surface area contributed by atoms with Gasteiger partial charge in [-0.05, 0) is 33.0 Å². The molecule has 0 spiro atoms. The molecule has 0 amide bonds. The van der Waals surface area contributed by atoms with E-state index >= 15 is 0 Å². The van der Waals surface area contributed by atoms with E-state index in [4.69, 9.17) is 23.3 Å². The van der Waals surface area contributed by atoms with Crippen LogP contribution in [0.3, 0.4) is 0 Å². The van der Waals surface area contributed by atoms with Crippen LogP contribution >= 0.6 is 12.2 Å². The summed E-state index contributed by atoms with van der Waals surface area (Å²) in [5.74, 6) is 5.04. The maximum Gasteiger partial charge on any atom is 0.201 e. The Bertz CT molecular complexity index is 228. The fourth-order valence-electron chi connectivity index (χ4n) is 0.897. The third-order valence-corrected chi connectivity index (χ3v) is 1.69. The highest BCUT2D eigenvalue weighted by molar-refractivity contribution is 7.80. The minimum absolute atomic E-state index is 0.249. The lowest BCUT2D eigenvalue weighted by Gasteiger charge is -2.21. The number of rotatable bonds is 4. The van der Waals surface area contributed by atoms with E-state index in [0.29, 0.717) is 6.42 Å². The molecule has 0 heterocycles. The first kappa shape index (κ1) is 13.2. The second kappa shape index (κ2) is 5.86. The molecule has 0 saturated heterocycles. The molecule has 0 aliphatic heterocycles. The summed E-state index contributed by atoms with van der Waals surface area (Å²) < 4.78 is 0. The average molecular weight is 219 g/mol. The van der Waals surface area contributed by atoms with Crippen molar-refractivity contribution < 1.29 is 5.21 Å². The zero-order valence-corrected chi connectivity index (χ0v) is 9.40. The molecule has 7 heteroatoms. The number of hydroxylamine groups is 1. The molecule has 0 aromatic heterocycles. The summed E-state index contributed by atoms with van der Waals surface area (Å²) in [6.45, 7) is 5.53. The first-order valence-corrected chi connectivity index (χ1v) is 4.53. The molecule has 0 atom stereocenters. The van der Waals surface area contributed by atoms with Crippen LogP contribution in [-0.4, -0.2) is 21.6 Å². The van der Waals surface area contributed by atoms with E-state index in [9.17, 15) is 0 Å². The molecule has 0 fully saturated rings. The number of hydrazine groups is 1. The highest BCUT2D eigenvalue weighted by atomic mass is 32.1. The molecule has 0 saturated carbocycles. The molecule has 0 aromatic carbocycles. The van der Waals surface area contributed by atoms with Crippen LogP contribution in [0, 0.1) is 0 Å². The minimum Gasteiger partial charge on any atom is -0.316 e. The van der Waals surface area contributed by atoms with Gasteiger partial charge in [-0.2, -0.15) is 10.6 Å². The van der Waals surface area contributed by atoms with Crippen LogP contribution in [-0.2, 0) is 0 Å². The number of nitrogens with zero attached hydrogens (tertiary/aromatic N) is 1. The second-order valence-electron chi connectivity index (χ2n) is 3.60. The molecule has 82 valence electrons. The molecule has 0 unspecified atom stereocenters. The summed E-state index contributed by atoms with van der Waals surface area (Å²) in [6.07, 6.45) is 0.587. The number of hydrogen-bond donors (Lipinski definition) is 5. The van der Waals surface area contributed by atoms with E-state index in [-0.39, 0.29) is 5.11 Å². The molecular formula is C7H17N5OS. The number of hydrogen-bond acceptors (Lipinski definition) is 5. The van der Waals surface area contributed by atoms with Crippen molar-refractivity contribution >= 4 is 23.0 Å². The van der Waals surface area contributed by atoms with Crippen molar-refractivity contribution in [1.29, 1.82) is 0 Å². The molecule has 6 N–H and O–H groups in total. The predicted molar refractivity (Wildman–Crippen MR) is 59.8 cm³/mol. The molecule has 0 radical (unpaired) electrons. The highest BCUT2D eigenvalue weighted by Gasteiger charge is 2.17. The van der Waals surface area contributed by atoms with Gasteiger partial charge >= 0.3 is 0 Å². The summed E-state index contributed by atoms with van der Waals surface area (Å²) in [6, 6.07) is 0. The normalized spacial score (nSPS) is 12.5. The van der Waals surface area contributed by atoms with Gasteiger partial charge in [0.05, 0.1) is 0 Å². The van der Waals surface area contributed by atoms with E-state index < -0.39 is 5.54 Å². The number of hydrazone groups is 1. The van der Waals surface area contributed by atoms with Crippen molar-refractivity contribution in [2.75, 3.05) is 0 Å². The maximum atomic E-state index is 8.78. The molecule has 14 heavy (non-hydrogen) atoms. The van der Waals surface area contributed by atoms with Crippen molar-refractivity contribution in [1.82, 2.24) is 16.3 Å². The fraction of sp³-hybridized carbons (Fsp3) is 0.714. The second-order valence-corrected chi connectivity index (χ2v) is 4.01. The van der Waals surface area contributed by atoms with Crippen molar-refractivity contribution in [2.45, 2.75) is 32.7 Å². The molecule has 0 aliphatic rings. The minimum atomic E-state index is -0.410. The van der Waals surface area contributed by atoms with E-state index in [2.05, 4.69) is 21.4 Å². The van der Waals surface area contributed by atoms with Crippen molar-refractivity contribution in [3.8, 4) is 0 Å². The van der Waals surface area contributed by atoms with Gasteiger partial charge in [0.1, 0.15) is 0 Å². The molecule has 0 aromatic rings. The summed E-state index contributed by atoms with van der Waals surface area (Å²) in [5.41, 5.74) is 7.38. The Kier molecular flexibility index (Phi) is 5.55. The van der Waals surface area contributed by atoms with Crippen LogP contribution in [0.15, 0.2) is 5.10 Å². The van der Waals surface area contributed by atoms with Gasteiger partial charge in [0, 0.05) is 17.7 Å². The van der Waals surface area contributed by atoms with Crippen molar-refractivity contribution in [2.24, 2.45) is 10.9 Å². The van der Waals surface area contributed by atoms with Crippen LogP contribution < -0.4 is 22.2 Å². The monoisotopic (exact) mass is 219 g/mol. The van der Waals surface area contributed by atoms with Crippen LogP contribution in [0.25, 0.3) is 0 Å². The van der Waals surface area contributed by atoms with Gasteiger partial charge in [0.15, 0.2) is 0 Å². The van der Waals surface area contributed by atoms with Gasteiger partial charge in [0.2, 0.25) is 5.11 Å². The third-order valence-electron chi connectivity index (χ3n) is 1.48. The summed E-state index contributed by atoms with van der Waals surface area (Å²) in [5, 5.41) is 13.0. The Morgan fingerprint density at radius 2 is 2.14 bits per heavy atom. The van der Waals surface area contributed by atoms with E-state index in [0.717, 1.165) is 5.71 Å². The Hall–Kier alpha value is -0.760. The van der Waals surface area contributed by atoms with Gasteiger partial charge < -0.3 is 5.21 Å². The van der Waals surface area contributed by atoms with Gasteiger partial charge in [-0.1, -0.05) is 0 Å². The molecule has 0 bridgehead atoms. The van der Waals surface area contributed by atoms with Crippen LogP contribution in [0.5, 0.6) is 0 Å². The van der Waals surface area contributed by atoms with Crippen molar-refractivity contribution in [3.63, 3.8) is 0 Å². The Labute approximate surface area is 88.9 Å². The lowest BCUT2D eigenvalue weighted by Crippen LogP contribution is -2.40. The maximum absolute atomic E-state index is 8.78. The third kappa shape index (κ3) is 5.81. The van der Waals surface area contributed by atoms with Crippen molar-refractivity contribution in [3.05, 3.63) is 0 Å². The average Bonchev–Trinajstić information content (AvgIpc) is 2.13. The number of thiocarbonyl (C=S) groups is 1. The predicted octanol–water partition coefficient (Wildman–Crippen LogP) is -0.152. The Balaban J connectivity index is 4.07. The smallest absolute Gasteiger partial charge is 0.201 e. The van der Waals surface area contributed by atoms with Crippen LogP contribution in [0.4, 0.5) is 0 Å². The Morgan fingerprint density at radius 3 is 2.57 bits per heavy atom. The zero-order valence-electron chi connectivity index (χ0n) is 8.59. The summed E-state index contributed by atoms with van der Waals surface area (Å²) in [4.78, 5) is 0. The van der Waals surface area contributed by atoms with E-state index in [1.165, 1.54) is 0 Å². The first-order chi connectivity index (χ1) is 6.41. The standard InChI is InChI=1S/C7H17N5OS/c1-5(4-7(2,3)12-13)10-11-6(14)9-8/h12-13H,4,8H2,1-3H3,(H2,9,11,14)/b10-5+. The molecule has 0 aliphatic carbocycles. The lowest BCUT2D eigenvalue weighted by molar-refractivity contribution is 0.0854. The van der Waals surface area contributed by atoms with Crippen LogP contribution in [0.2, 0.25) is 0 Å². The quantitative estimate of drug-likeness (QED) is 0.195.